The van der Waals surface area contributed by atoms with Crippen LogP contribution >= 0.6 is 0 Å². The molecule has 2 atom stereocenters. The molecule has 4 heteroatoms. The Balaban J connectivity index is 2.30. The van der Waals surface area contributed by atoms with Crippen molar-refractivity contribution in [2.24, 2.45) is 18.7 Å². The lowest BCUT2D eigenvalue weighted by Crippen LogP contribution is -2.42. The molecule has 2 heterocycles. The molecule has 0 radical (unpaired) electrons. The van der Waals surface area contributed by atoms with Crippen molar-refractivity contribution in [1.29, 1.82) is 0 Å². The SMILES string of the molecule is CCCN1CCCC(CN)C1c1cnn(C)c1C. The van der Waals surface area contributed by atoms with Gasteiger partial charge in [0.15, 0.2) is 0 Å². The molecule has 0 aromatic carbocycles. The first-order valence-corrected chi connectivity index (χ1v) is 7.11. The Morgan fingerprint density at radius 2 is 2.28 bits per heavy atom. The number of nitrogens with zero attached hydrogens (tertiary/aromatic N) is 3. The van der Waals surface area contributed by atoms with Crippen LogP contribution in [0.3, 0.4) is 0 Å². The lowest BCUT2D eigenvalue weighted by Gasteiger charge is -2.41. The van der Waals surface area contributed by atoms with Crippen molar-refractivity contribution in [1.82, 2.24) is 14.7 Å². The summed E-state index contributed by atoms with van der Waals surface area (Å²) in [7, 11) is 2.02. The smallest absolute Gasteiger partial charge is 0.0540 e. The van der Waals surface area contributed by atoms with Crippen LogP contribution in [-0.2, 0) is 7.05 Å². The van der Waals surface area contributed by atoms with Crippen LogP contribution in [0.5, 0.6) is 0 Å². The monoisotopic (exact) mass is 250 g/mol. The second-order valence-corrected chi connectivity index (χ2v) is 5.43. The van der Waals surface area contributed by atoms with E-state index in [1.165, 1.54) is 37.1 Å². The van der Waals surface area contributed by atoms with Gasteiger partial charge in [-0.2, -0.15) is 5.10 Å². The Morgan fingerprint density at radius 3 is 2.83 bits per heavy atom. The number of aryl methyl sites for hydroxylation is 1. The largest absolute Gasteiger partial charge is 0.330 e. The highest BCUT2D eigenvalue weighted by molar-refractivity contribution is 5.22. The molecule has 2 rings (SSSR count). The Kier molecular flexibility index (Phi) is 4.40. The summed E-state index contributed by atoms with van der Waals surface area (Å²) in [5.74, 6) is 0.577. The van der Waals surface area contributed by atoms with Crippen LogP contribution in [0, 0.1) is 12.8 Å². The Bertz CT molecular complexity index is 383. The van der Waals surface area contributed by atoms with Crippen LogP contribution in [0.1, 0.15) is 43.5 Å². The van der Waals surface area contributed by atoms with Crippen LogP contribution < -0.4 is 5.73 Å². The van der Waals surface area contributed by atoms with Gasteiger partial charge in [-0.1, -0.05) is 6.92 Å². The molecule has 18 heavy (non-hydrogen) atoms. The van der Waals surface area contributed by atoms with E-state index >= 15 is 0 Å². The van der Waals surface area contributed by atoms with E-state index in [4.69, 9.17) is 5.73 Å². The van der Waals surface area contributed by atoms with E-state index in [0.717, 1.165) is 13.1 Å². The summed E-state index contributed by atoms with van der Waals surface area (Å²) in [6.45, 7) is 7.55. The van der Waals surface area contributed by atoms with Crippen LogP contribution in [0.2, 0.25) is 0 Å². The van der Waals surface area contributed by atoms with E-state index in [2.05, 4.69) is 23.8 Å². The molecule has 0 amide bonds. The molecule has 1 saturated heterocycles. The average molecular weight is 250 g/mol. The highest BCUT2D eigenvalue weighted by Crippen LogP contribution is 2.36. The van der Waals surface area contributed by atoms with Gasteiger partial charge in [-0.05, 0) is 51.7 Å². The molecule has 2 unspecified atom stereocenters. The standard InChI is InChI=1S/C14H26N4/c1-4-7-18-8-5-6-12(9-15)14(18)13-10-16-17(3)11(13)2/h10,12,14H,4-9,15H2,1-3H3. The first-order valence-electron chi connectivity index (χ1n) is 7.11. The van der Waals surface area contributed by atoms with E-state index in [1.807, 2.05) is 17.9 Å². The van der Waals surface area contributed by atoms with Crippen molar-refractivity contribution in [3.05, 3.63) is 17.5 Å². The molecule has 102 valence electrons. The Morgan fingerprint density at radius 1 is 1.50 bits per heavy atom. The van der Waals surface area contributed by atoms with E-state index < -0.39 is 0 Å². The lowest BCUT2D eigenvalue weighted by atomic mass is 9.84. The number of rotatable bonds is 4. The highest BCUT2D eigenvalue weighted by atomic mass is 15.3. The van der Waals surface area contributed by atoms with Gasteiger partial charge in [-0.25, -0.2) is 0 Å². The second-order valence-electron chi connectivity index (χ2n) is 5.43. The lowest BCUT2D eigenvalue weighted by molar-refractivity contribution is 0.0955. The minimum atomic E-state index is 0.470. The van der Waals surface area contributed by atoms with Crippen molar-refractivity contribution in [3.63, 3.8) is 0 Å². The molecule has 1 fully saturated rings. The van der Waals surface area contributed by atoms with Crippen molar-refractivity contribution in [2.75, 3.05) is 19.6 Å². The zero-order valence-corrected chi connectivity index (χ0v) is 11.9. The van der Waals surface area contributed by atoms with Gasteiger partial charge in [-0.3, -0.25) is 9.58 Å². The molecule has 4 nitrogen and oxygen atoms in total. The molecule has 0 bridgehead atoms. The summed E-state index contributed by atoms with van der Waals surface area (Å²) in [5, 5.41) is 4.40. The van der Waals surface area contributed by atoms with Gasteiger partial charge in [0, 0.05) is 24.3 Å². The van der Waals surface area contributed by atoms with Gasteiger partial charge >= 0.3 is 0 Å². The third-order valence-corrected chi connectivity index (χ3v) is 4.27. The van der Waals surface area contributed by atoms with Crippen molar-refractivity contribution in [2.45, 2.75) is 39.2 Å². The predicted molar refractivity (Wildman–Crippen MR) is 74.3 cm³/mol. The molecule has 1 aromatic rings. The second kappa shape index (κ2) is 5.85. The molecular weight excluding hydrogens is 224 g/mol. The number of likely N-dealkylation sites (tertiary alicyclic amines) is 1. The van der Waals surface area contributed by atoms with Gasteiger partial charge in [0.05, 0.1) is 6.20 Å². The summed E-state index contributed by atoms with van der Waals surface area (Å²) in [4.78, 5) is 2.60. The van der Waals surface area contributed by atoms with Gasteiger partial charge < -0.3 is 5.73 Å². The molecule has 0 aliphatic carbocycles. The minimum absolute atomic E-state index is 0.470. The first-order chi connectivity index (χ1) is 8.69. The van der Waals surface area contributed by atoms with Gasteiger partial charge in [0.25, 0.3) is 0 Å². The fraction of sp³-hybridized carbons (Fsp3) is 0.786. The predicted octanol–water partition coefficient (Wildman–Crippen LogP) is 1.85. The average Bonchev–Trinajstić information content (AvgIpc) is 2.70. The number of piperidine rings is 1. The molecule has 1 aliphatic rings. The van der Waals surface area contributed by atoms with Gasteiger partial charge in [0.1, 0.15) is 0 Å². The maximum Gasteiger partial charge on any atom is 0.0540 e. The van der Waals surface area contributed by atoms with Crippen molar-refractivity contribution < 1.29 is 0 Å². The van der Waals surface area contributed by atoms with Crippen LogP contribution in [0.15, 0.2) is 6.20 Å². The first kappa shape index (κ1) is 13.6. The van der Waals surface area contributed by atoms with E-state index in [-0.39, 0.29) is 0 Å². The van der Waals surface area contributed by atoms with Crippen molar-refractivity contribution >= 4 is 0 Å². The zero-order valence-electron chi connectivity index (χ0n) is 11.9. The summed E-state index contributed by atoms with van der Waals surface area (Å²) in [6.07, 6.45) is 5.76. The summed E-state index contributed by atoms with van der Waals surface area (Å²) >= 11 is 0. The number of aromatic nitrogens is 2. The van der Waals surface area contributed by atoms with E-state index in [0.29, 0.717) is 12.0 Å². The summed E-state index contributed by atoms with van der Waals surface area (Å²) < 4.78 is 1.97. The molecule has 1 aliphatic heterocycles. The fourth-order valence-electron chi connectivity index (χ4n) is 3.19. The molecule has 0 spiro atoms. The highest BCUT2D eigenvalue weighted by Gasteiger charge is 2.33. The van der Waals surface area contributed by atoms with Gasteiger partial charge in [0.2, 0.25) is 0 Å². The maximum absolute atomic E-state index is 5.99. The quantitative estimate of drug-likeness (QED) is 0.887. The van der Waals surface area contributed by atoms with E-state index in [1.54, 1.807) is 0 Å². The third-order valence-electron chi connectivity index (χ3n) is 4.27. The Labute approximate surface area is 110 Å². The van der Waals surface area contributed by atoms with Crippen LogP contribution in [0.4, 0.5) is 0 Å². The van der Waals surface area contributed by atoms with Crippen molar-refractivity contribution in [3.8, 4) is 0 Å². The third kappa shape index (κ3) is 2.45. The van der Waals surface area contributed by atoms with Crippen LogP contribution in [0.25, 0.3) is 0 Å². The number of nitrogens with two attached hydrogens (primary N) is 1. The molecule has 2 N–H and O–H groups in total. The normalized spacial score (nSPS) is 25.6. The zero-order chi connectivity index (χ0) is 13.1. The molecular formula is C14H26N4. The van der Waals surface area contributed by atoms with E-state index in [9.17, 15) is 0 Å². The summed E-state index contributed by atoms with van der Waals surface area (Å²) in [6, 6.07) is 0.470. The minimum Gasteiger partial charge on any atom is -0.330 e. The van der Waals surface area contributed by atoms with Crippen LogP contribution in [-0.4, -0.2) is 34.3 Å². The fourth-order valence-corrected chi connectivity index (χ4v) is 3.19. The Hall–Kier alpha value is -0.870. The summed E-state index contributed by atoms with van der Waals surface area (Å²) in [5.41, 5.74) is 8.65. The topological polar surface area (TPSA) is 47.1 Å². The maximum atomic E-state index is 5.99. The number of hydrogen-bond donors (Lipinski definition) is 1. The number of hydrogen-bond acceptors (Lipinski definition) is 3. The molecule has 1 aromatic heterocycles. The molecule has 0 saturated carbocycles. The van der Waals surface area contributed by atoms with Gasteiger partial charge in [-0.15, -0.1) is 0 Å².